The summed E-state index contributed by atoms with van der Waals surface area (Å²) in [5.74, 6) is -0.583. The number of thioether (sulfide) groups is 1. The molecule has 0 heterocycles. The molecule has 2 saturated carbocycles. The zero-order valence-electron chi connectivity index (χ0n) is 42.8. The first-order valence-corrected chi connectivity index (χ1v) is 28.8. The third kappa shape index (κ3) is 31.4. The average Bonchev–Trinajstić information content (AvgIpc) is 3.36. The van der Waals surface area contributed by atoms with Crippen LogP contribution in [0.25, 0.3) is 0 Å². The molecule has 2 unspecified atom stereocenters. The predicted octanol–water partition coefficient (Wildman–Crippen LogP) is 12.3. The maximum absolute atomic E-state index is 12.8. The van der Waals surface area contributed by atoms with Crippen LogP contribution in [0.3, 0.4) is 0 Å². The molecule has 4 amide bonds. The van der Waals surface area contributed by atoms with E-state index < -0.39 is 48.6 Å². The molecular weight excluding hydrogens is 909 g/mol. The van der Waals surface area contributed by atoms with Crippen molar-refractivity contribution in [3.63, 3.8) is 0 Å². The predicted molar refractivity (Wildman–Crippen MR) is 279 cm³/mol. The first kappa shape index (κ1) is 60.3. The van der Waals surface area contributed by atoms with Crippen molar-refractivity contribution in [3.05, 3.63) is 35.4 Å². The van der Waals surface area contributed by atoms with Gasteiger partial charge >= 0.3 is 24.1 Å². The van der Waals surface area contributed by atoms with E-state index in [1.165, 1.54) is 178 Å². The molecule has 2 fully saturated rings. The molecule has 0 radical (unpaired) electrons. The fraction of sp³-hybridized carbons (Fsp3) is 0.782. The molecule has 2 aliphatic rings. The van der Waals surface area contributed by atoms with E-state index in [0.29, 0.717) is 24.6 Å². The topological polar surface area (TPSA) is 209 Å². The molecule has 0 spiro atoms. The van der Waals surface area contributed by atoms with Gasteiger partial charge in [0, 0.05) is 49.5 Å². The van der Waals surface area contributed by atoms with Crippen LogP contribution in [0, 0.1) is 11.8 Å². The number of hydrogen-bond donors (Lipinski definition) is 6. The van der Waals surface area contributed by atoms with E-state index in [1.54, 1.807) is 12.1 Å². The van der Waals surface area contributed by atoms with Gasteiger partial charge in [0.2, 0.25) is 5.91 Å². The van der Waals surface area contributed by atoms with Gasteiger partial charge in [-0.05, 0) is 48.8 Å². The Balaban J connectivity index is 1.29. The van der Waals surface area contributed by atoms with Gasteiger partial charge in [0.05, 0.1) is 0 Å². The van der Waals surface area contributed by atoms with E-state index in [9.17, 15) is 33.9 Å². The lowest BCUT2D eigenvalue weighted by Gasteiger charge is -2.21. The maximum atomic E-state index is 12.8. The number of benzene rings is 1. The van der Waals surface area contributed by atoms with E-state index in [1.807, 2.05) is 0 Å². The van der Waals surface area contributed by atoms with Gasteiger partial charge in [-0.15, -0.1) is 0 Å². The number of aliphatic carboxylic acids is 2. The molecule has 2 aliphatic carbocycles. The molecule has 1 aromatic carbocycles. The lowest BCUT2D eigenvalue weighted by molar-refractivity contribution is -0.140. The number of carbonyl (C=O) groups is 6. The summed E-state index contributed by atoms with van der Waals surface area (Å²) in [5, 5.41) is 29.1. The van der Waals surface area contributed by atoms with Crippen LogP contribution in [0.1, 0.15) is 228 Å². The van der Waals surface area contributed by atoms with Crippen molar-refractivity contribution in [1.82, 2.24) is 21.3 Å². The Bertz CT molecular complexity index is 1590. The lowest BCUT2D eigenvalue weighted by Crippen LogP contribution is -2.41. The average molecular weight is 1000 g/mol. The number of unbranched alkanes of at least 4 members (excludes halogenated alkanes) is 16. The molecule has 70 heavy (non-hydrogen) atoms. The second kappa shape index (κ2) is 39.6. The number of nitrogens with one attached hydrogen (secondary N) is 4. The highest BCUT2D eigenvalue weighted by atomic mass is 32.2. The monoisotopic (exact) mass is 1000 g/mol. The Labute approximate surface area is 424 Å². The van der Waals surface area contributed by atoms with E-state index in [0.717, 1.165) is 55.9 Å². The number of carboxylic acid groups (broad SMARTS) is 2. The minimum absolute atomic E-state index is 0.104. The first-order valence-electron chi connectivity index (χ1n) is 27.6. The lowest BCUT2D eigenvalue weighted by atomic mass is 9.85. The molecule has 2 atom stereocenters. The fourth-order valence-corrected chi connectivity index (χ4v) is 10.6. The number of hydrogen-bond acceptors (Lipinski definition) is 9. The van der Waals surface area contributed by atoms with Crippen molar-refractivity contribution in [3.8, 4) is 0 Å². The largest absolute Gasteiger partial charge is 0.481 e. The number of carboxylic acids is 2. The molecule has 0 aliphatic heterocycles. The summed E-state index contributed by atoms with van der Waals surface area (Å²) in [7, 11) is 0. The zero-order chi connectivity index (χ0) is 50.3. The summed E-state index contributed by atoms with van der Waals surface area (Å²) in [5.41, 5.74) is 0.922. The molecule has 0 saturated heterocycles. The molecular formula is C55H92N4O10S. The highest BCUT2D eigenvalue weighted by Gasteiger charge is 2.22. The summed E-state index contributed by atoms with van der Waals surface area (Å²) in [6.07, 6.45) is 36.9. The van der Waals surface area contributed by atoms with Crippen molar-refractivity contribution in [1.29, 1.82) is 0 Å². The quantitative estimate of drug-likeness (QED) is 0.0341. The van der Waals surface area contributed by atoms with Gasteiger partial charge in [-0.25, -0.2) is 14.4 Å². The minimum atomic E-state index is -1.33. The van der Waals surface area contributed by atoms with Crippen molar-refractivity contribution >= 4 is 47.7 Å². The smallest absolute Gasteiger partial charge is 0.407 e. The van der Waals surface area contributed by atoms with E-state index >= 15 is 0 Å². The molecule has 3 rings (SSSR count). The Morgan fingerprint density at radius 1 is 0.586 bits per heavy atom. The number of rotatable bonds is 40. The molecule has 0 bridgehead atoms. The van der Waals surface area contributed by atoms with Crippen LogP contribution in [0.2, 0.25) is 0 Å². The molecule has 15 heteroatoms. The number of alkyl carbamates (subject to hydrolysis) is 2. The van der Waals surface area contributed by atoms with Crippen LogP contribution in [-0.2, 0) is 30.4 Å². The van der Waals surface area contributed by atoms with Crippen LogP contribution >= 0.6 is 11.8 Å². The van der Waals surface area contributed by atoms with Crippen LogP contribution in [0.5, 0.6) is 0 Å². The van der Waals surface area contributed by atoms with Gasteiger partial charge in [0.15, 0.2) is 0 Å². The van der Waals surface area contributed by atoms with Gasteiger partial charge in [-0.3, -0.25) is 14.4 Å². The Morgan fingerprint density at radius 3 is 1.57 bits per heavy atom. The fourth-order valence-electron chi connectivity index (χ4n) is 9.66. The van der Waals surface area contributed by atoms with Crippen LogP contribution in [0.15, 0.2) is 24.3 Å². The van der Waals surface area contributed by atoms with Crippen LogP contribution < -0.4 is 21.3 Å². The Morgan fingerprint density at radius 2 is 1.07 bits per heavy atom. The van der Waals surface area contributed by atoms with E-state index in [4.69, 9.17) is 14.6 Å². The summed E-state index contributed by atoms with van der Waals surface area (Å²) in [6.45, 7) is 1.14. The SMILES string of the molecule is O=C(O)CCC(NC(=O)c1ccc(CNC(=O)CCSCC(COC(=O)NCCCCCCCCCCCC2CCCCC2)OC(=O)NCCCCCCCCCCCC2CCCCC2)cc1)C(=O)O. The third-order valence-electron chi connectivity index (χ3n) is 14.0. The molecule has 0 aromatic heterocycles. The molecule has 1 aromatic rings. The standard InChI is InChI=1S/C55H92N4O10S/c60-50(58-41-46-31-33-47(34-32-46)52(63)59-49(53(64)65)35-36-51(61)62)37-40-70-43-48(69-55(67)57-39-24-14-10-6-2-4-8-12-18-26-45-29-21-16-22-30-45)42-68-54(66)56-38-23-13-9-5-1-3-7-11-17-25-44-27-19-15-20-28-44/h31-34,44-45,48-49H,1-30,35-43H2,(H,56,66)(H,57,67)(H,58,60)(H,59,63)(H,61,62)(H,64,65). The summed E-state index contributed by atoms with van der Waals surface area (Å²) >= 11 is 1.42. The van der Waals surface area contributed by atoms with Crippen molar-refractivity contribution in [2.45, 2.75) is 231 Å². The molecule has 398 valence electrons. The number of carbonyl (C=O) groups excluding carboxylic acids is 4. The second-order valence-corrected chi connectivity index (χ2v) is 21.2. The number of amides is 4. The van der Waals surface area contributed by atoms with Gasteiger partial charge in [-0.1, -0.05) is 192 Å². The van der Waals surface area contributed by atoms with Gasteiger partial charge in [0.25, 0.3) is 5.91 Å². The van der Waals surface area contributed by atoms with E-state index in [2.05, 4.69) is 21.3 Å². The summed E-state index contributed by atoms with van der Waals surface area (Å²) in [6, 6.07) is 4.96. The van der Waals surface area contributed by atoms with Crippen molar-refractivity contribution < 1.29 is 48.5 Å². The van der Waals surface area contributed by atoms with Gasteiger partial charge < -0.3 is 41.0 Å². The maximum Gasteiger partial charge on any atom is 0.407 e. The Hall–Kier alpha value is -4.01. The zero-order valence-corrected chi connectivity index (χ0v) is 43.6. The highest BCUT2D eigenvalue weighted by molar-refractivity contribution is 7.99. The van der Waals surface area contributed by atoms with Crippen molar-refractivity contribution in [2.24, 2.45) is 11.8 Å². The van der Waals surface area contributed by atoms with Gasteiger partial charge in [-0.2, -0.15) is 11.8 Å². The normalized spacial score (nSPS) is 15.1. The van der Waals surface area contributed by atoms with Gasteiger partial charge in [0.1, 0.15) is 18.8 Å². The Kier molecular flexibility index (Phi) is 34.1. The molecule has 6 N–H and O–H groups in total. The second-order valence-electron chi connectivity index (χ2n) is 20.0. The highest BCUT2D eigenvalue weighted by Crippen LogP contribution is 2.29. The van der Waals surface area contributed by atoms with Crippen LogP contribution in [-0.4, -0.2) is 89.5 Å². The third-order valence-corrected chi connectivity index (χ3v) is 15.1. The first-order chi connectivity index (χ1) is 34.1. The molecule has 14 nitrogen and oxygen atoms in total. The van der Waals surface area contributed by atoms with Crippen molar-refractivity contribution in [2.75, 3.05) is 31.2 Å². The minimum Gasteiger partial charge on any atom is -0.481 e. The number of ether oxygens (including phenoxy) is 2. The summed E-state index contributed by atoms with van der Waals surface area (Å²) < 4.78 is 11.2. The summed E-state index contributed by atoms with van der Waals surface area (Å²) in [4.78, 5) is 73.0. The van der Waals surface area contributed by atoms with E-state index in [-0.39, 0.29) is 37.5 Å². The van der Waals surface area contributed by atoms with Crippen LogP contribution in [0.4, 0.5) is 9.59 Å².